The van der Waals surface area contributed by atoms with Crippen molar-refractivity contribution in [2.75, 3.05) is 12.4 Å². The van der Waals surface area contributed by atoms with Crippen molar-refractivity contribution in [3.63, 3.8) is 0 Å². The molecule has 0 fully saturated rings. The van der Waals surface area contributed by atoms with Crippen LogP contribution in [0.2, 0.25) is 0 Å². The van der Waals surface area contributed by atoms with E-state index in [2.05, 4.69) is 50.7 Å². The predicted molar refractivity (Wildman–Crippen MR) is 69.1 cm³/mol. The van der Waals surface area contributed by atoms with Crippen molar-refractivity contribution in [2.24, 2.45) is 0 Å². The van der Waals surface area contributed by atoms with E-state index < -0.39 is 0 Å². The third kappa shape index (κ3) is 4.61. The van der Waals surface area contributed by atoms with E-state index in [-0.39, 0.29) is 0 Å². The molecule has 0 atom stereocenters. The van der Waals surface area contributed by atoms with Crippen molar-refractivity contribution in [3.05, 3.63) is 29.8 Å². The lowest BCUT2D eigenvalue weighted by molar-refractivity contribution is 0.310. The number of ether oxygens (including phenoxy) is 1. The van der Waals surface area contributed by atoms with Gasteiger partial charge in [-0.2, -0.15) is 12.6 Å². The summed E-state index contributed by atoms with van der Waals surface area (Å²) in [6.07, 6.45) is 2.20. The van der Waals surface area contributed by atoms with Gasteiger partial charge in [0.2, 0.25) is 0 Å². The Morgan fingerprint density at radius 2 is 1.80 bits per heavy atom. The van der Waals surface area contributed by atoms with Crippen LogP contribution in [-0.2, 0) is 0 Å². The van der Waals surface area contributed by atoms with Gasteiger partial charge >= 0.3 is 0 Å². The van der Waals surface area contributed by atoms with Crippen LogP contribution in [0, 0.1) is 0 Å². The Balaban J connectivity index is 2.36. The molecule has 0 spiro atoms. The van der Waals surface area contributed by atoms with Gasteiger partial charge in [-0.3, -0.25) is 0 Å². The zero-order chi connectivity index (χ0) is 11.1. The molecular weight excluding hydrogens is 204 g/mol. The highest BCUT2D eigenvalue weighted by Gasteiger charge is 1.98. The van der Waals surface area contributed by atoms with E-state index in [0.717, 1.165) is 31.0 Å². The largest absolute Gasteiger partial charge is 0.494 e. The maximum absolute atomic E-state index is 5.61. The van der Waals surface area contributed by atoms with Gasteiger partial charge in [-0.25, -0.2) is 0 Å². The summed E-state index contributed by atoms with van der Waals surface area (Å²) in [6, 6.07) is 8.38. The van der Waals surface area contributed by atoms with Gasteiger partial charge < -0.3 is 4.74 Å². The average molecular weight is 224 g/mol. The van der Waals surface area contributed by atoms with Crippen LogP contribution in [0.4, 0.5) is 0 Å². The standard InChI is InChI=1S/C13H20OS/c1-11(2)12-5-7-13(8-6-12)14-9-3-4-10-15/h5-8,11,15H,3-4,9-10H2,1-2H3. The minimum Gasteiger partial charge on any atom is -0.494 e. The normalized spacial score (nSPS) is 10.7. The Labute approximate surface area is 98.3 Å². The van der Waals surface area contributed by atoms with Crippen molar-refractivity contribution in [1.29, 1.82) is 0 Å². The molecule has 0 aromatic heterocycles. The number of hydrogen-bond donors (Lipinski definition) is 1. The molecule has 0 bridgehead atoms. The molecule has 0 aliphatic rings. The zero-order valence-electron chi connectivity index (χ0n) is 9.57. The Kier molecular flexibility index (Phi) is 5.62. The number of benzene rings is 1. The summed E-state index contributed by atoms with van der Waals surface area (Å²) in [5.74, 6) is 2.50. The lowest BCUT2D eigenvalue weighted by Gasteiger charge is -2.08. The van der Waals surface area contributed by atoms with E-state index in [0.29, 0.717) is 5.92 Å². The number of unbranched alkanes of at least 4 members (excludes halogenated alkanes) is 1. The number of thiol groups is 1. The Bertz CT molecular complexity index is 266. The van der Waals surface area contributed by atoms with E-state index in [1.807, 2.05) is 0 Å². The molecule has 84 valence electrons. The van der Waals surface area contributed by atoms with E-state index in [4.69, 9.17) is 4.74 Å². The van der Waals surface area contributed by atoms with Crippen molar-refractivity contribution >= 4 is 12.6 Å². The molecule has 15 heavy (non-hydrogen) atoms. The first-order chi connectivity index (χ1) is 7.24. The molecule has 0 N–H and O–H groups in total. The van der Waals surface area contributed by atoms with Crippen LogP contribution in [0.3, 0.4) is 0 Å². The maximum atomic E-state index is 5.61. The fourth-order valence-electron chi connectivity index (χ4n) is 1.35. The molecule has 0 saturated carbocycles. The van der Waals surface area contributed by atoms with Crippen molar-refractivity contribution < 1.29 is 4.74 Å². The fraction of sp³-hybridized carbons (Fsp3) is 0.538. The van der Waals surface area contributed by atoms with Gasteiger partial charge in [0.1, 0.15) is 5.75 Å². The average Bonchev–Trinajstić information content (AvgIpc) is 2.25. The molecule has 1 aromatic carbocycles. The molecule has 0 heterocycles. The van der Waals surface area contributed by atoms with Crippen LogP contribution in [-0.4, -0.2) is 12.4 Å². The first-order valence-corrected chi connectivity index (χ1v) is 6.21. The lowest BCUT2D eigenvalue weighted by atomic mass is 10.0. The van der Waals surface area contributed by atoms with Crippen LogP contribution >= 0.6 is 12.6 Å². The van der Waals surface area contributed by atoms with Crippen LogP contribution < -0.4 is 4.74 Å². The van der Waals surface area contributed by atoms with Crippen molar-refractivity contribution in [3.8, 4) is 5.75 Å². The van der Waals surface area contributed by atoms with Crippen LogP contribution in [0.1, 0.15) is 38.2 Å². The molecule has 0 radical (unpaired) electrons. The molecule has 1 rings (SSSR count). The SMILES string of the molecule is CC(C)c1ccc(OCCCCS)cc1. The number of hydrogen-bond acceptors (Lipinski definition) is 2. The minimum absolute atomic E-state index is 0.586. The molecule has 0 unspecified atom stereocenters. The molecule has 1 aromatic rings. The van der Waals surface area contributed by atoms with E-state index in [9.17, 15) is 0 Å². The zero-order valence-corrected chi connectivity index (χ0v) is 10.5. The van der Waals surface area contributed by atoms with E-state index >= 15 is 0 Å². The monoisotopic (exact) mass is 224 g/mol. The van der Waals surface area contributed by atoms with Gasteiger partial charge in [-0.15, -0.1) is 0 Å². The smallest absolute Gasteiger partial charge is 0.119 e. The van der Waals surface area contributed by atoms with Crippen molar-refractivity contribution in [2.45, 2.75) is 32.6 Å². The molecule has 0 saturated heterocycles. The van der Waals surface area contributed by atoms with Crippen LogP contribution in [0.25, 0.3) is 0 Å². The highest BCUT2D eigenvalue weighted by Crippen LogP contribution is 2.18. The van der Waals surface area contributed by atoms with Gasteiger partial charge in [0, 0.05) is 0 Å². The summed E-state index contributed by atoms with van der Waals surface area (Å²) < 4.78 is 5.61. The third-order valence-corrected chi connectivity index (χ3v) is 2.68. The highest BCUT2D eigenvalue weighted by molar-refractivity contribution is 7.80. The molecule has 0 amide bonds. The van der Waals surface area contributed by atoms with Gasteiger partial charge in [0.05, 0.1) is 6.61 Å². The second kappa shape index (κ2) is 6.78. The summed E-state index contributed by atoms with van der Waals surface area (Å²) in [5.41, 5.74) is 1.36. The summed E-state index contributed by atoms with van der Waals surface area (Å²) in [5, 5.41) is 0. The highest BCUT2D eigenvalue weighted by atomic mass is 32.1. The Hall–Kier alpha value is -0.630. The fourth-order valence-corrected chi connectivity index (χ4v) is 1.58. The molecule has 0 aliphatic heterocycles. The van der Waals surface area contributed by atoms with E-state index in [1.165, 1.54) is 5.56 Å². The van der Waals surface area contributed by atoms with Crippen molar-refractivity contribution in [1.82, 2.24) is 0 Å². The second-order valence-corrected chi connectivity index (χ2v) is 4.45. The quantitative estimate of drug-likeness (QED) is 0.569. The predicted octanol–water partition coefficient (Wildman–Crippen LogP) is 3.90. The van der Waals surface area contributed by atoms with Crippen LogP contribution in [0.5, 0.6) is 5.75 Å². The molecular formula is C13H20OS. The first-order valence-electron chi connectivity index (χ1n) is 5.57. The van der Waals surface area contributed by atoms with E-state index in [1.54, 1.807) is 0 Å². The summed E-state index contributed by atoms with van der Waals surface area (Å²) in [4.78, 5) is 0. The third-order valence-electron chi connectivity index (χ3n) is 2.37. The molecule has 0 aliphatic carbocycles. The summed E-state index contributed by atoms with van der Waals surface area (Å²) in [7, 11) is 0. The number of rotatable bonds is 6. The molecule has 2 heteroatoms. The van der Waals surface area contributed by atoms with Gasteiger partial charge in [-0.05, 0) is 42.2 Å². The second-order valence-electron chi connectivity index (χ2n) is 4.00. The lowest BCUT2D eigenvalue weighted by Crippen LogP contribution is -1.97. The topological polar surface area (TPSA) is 9.23 Å². The van der Waals surface area contributed by atoms with Gasteiger partial charge in [0.15, 0.2) is 0 Å². The Morgan fingerprint density at radius 1 is 1.13 bits per heavy atom. The first kappa shape index (κ1) is 12.4. The van der Waals surface area contributed by atoms with Gasteiger partial charge in [-0.1, -0.05) is 26.0 Å². The van der Waals surface area contributed by atoms with Gasteiger partial charge in [0.25, 0.3) is 0 Å². The summed E-state index contributed by atoms with van der Waals surface area (Å²) >= 11 is 4.16. The summed E-state index contributed by atoms with van der Waals surface area (Å²) in [6.45, 7) is 5.19. The molecule has 1 nitrogen and oxygen atoms in total. The minimum atomic E-state index is 0.586. The Morgan fingerprint density at radius 3 is 2.33 bits per heavy atom. The van der Waals surface area contributed by atoms with Crippen LogP contribution in [0.15, 0.2) is 24.3 Å². The maximum Gasteiger partial charge on any atom is 0.119 e.